The fourth-order valence-electron chi connectivity index (χ4n) is 1.68. The maximum absolute atomic E-state index is 13.1. The van der Waals surface area contributed by atoms with Crippen LogP contribution in [0.2, 0.25) is 0 Å². The molecule has 17 heavy (non-hydrogen) atoms. The van der Waals surface area contributed by atoms with Crippen LogP contribution in [0, 0.1) is 5.82 Å². The number of nitrogens with one attached hydrogen (secondary N) is 1. The van der Waals surface area contributed by atoms with Crippen LogP contribution in [0.3, 0.4) is 0 Å². The van der Waals surface area contributed by atoms with Crippen LogP contribution in [-0.2, 0) is 6.42 Å². The lowest BCUT2D eigenvalue weighted by atomic mass is 10.1. The van der Waals surface area contributed by atoms with Gasteiger partial charge in [-0.2, -0.15) is 0 Å². The van der Waals surface area contributed by atoms with Crippen molar-refractivity contribution in [3.05, 3.63) is 29.6 Å². The third-order valence-electron chi connectivity index (χ3n) is 2.52. The number of hydrogen-bond acceptors (Lipinski definition) is 2. The molecule has 0 heterocycles. The third kappa shape index (κ3) is 5.18. The highest BCUT2D eigenvalue weighted by Gasteiger charge is 2.08. The first-order chi connectivity index (χ1) is 7.92. The van der Waals surface area contributed by atoms with E-state index in [1.54, 1.807) is 19.2 Å². The Labute approximate surface area is 103 Å². The Morgan fingerprint density at radius 1 is 1.29 bits per heavy atom. The van der Waals surface area contributed by atoms with Crippen molar-refractivity contribution in [2.45, 2.75) is 39.2 Å². The molecule has 1 aromatic carbocycles. The van der Waals surface area contributed by atoms with Crippen LogP contribution in [0.5, 0.6) is 5.75 Å². The van der Waals surface area contributed by atoms with Gasteiger partial charge in [-0.25, -0.2) is 4.39 Å². The van der Waals surface area contributed by atoms with Gasteiger partial charge in [-0.15, -0.1) is 0 Å². The molecule has 1 rings (SSSR count). The van der Waals surface area contributed by atoms with Crippen molar-refractivity contribution >= 4 is 0 Å². The topological polar surface area (TPSA) is 21.3 Å². The van der Waals surface area contributed by atoms with Crippen molar-refractivity contribution in [2.75, 3.05) is 13.7 Å². The standard InChI is InChI=1S/C14H22FNO/c1-14(2,3)16-9-5-6-11-10-12(15)7-8-13(11)17-4/h7-8,10,16H,5-6,9H2,1-4H3. The van der Waals surface area contributed by atoms with Gasteiger partial charge in [0.25, 0.3) is 0 Å². The molecule has 3 heteroatoms. The van der Waals surface area contributed by atoms with E-state index < -0.39 is 0 Å². The molecule has 0 saturated carbocycles. The number of rotatable bonds is 5. The Bertz CT molecular complexity index is 358. The highest BCUT2D eigenvalue weighted by molar-refractivity contribution is 5.33. The molecule has 0 unspecified atom stereocenters. The van der Waals surface area contributed by atoms with E-state index in [0.29, 0.717) is 0 Å². The summed E-state index contributed by atoms with van der Waals surface area (Å²) in [6.45, 7) is 7.32. The third-order valence-corrected chi connectivity index (χ3v) is 2.52. The Morgan fingerprint density at radius 2 is 2.00 bits per heavy atom. The number of ether oxygens (including phenoxy) is 1. The lowest BCUT2D eigenvalue weighted by Gasteiger charge is -2.20. The SMILES string of the molecule is COc1ccc(F)cc1CCCNC(C)(C)C. The highest BCUT2D eigenvalue weighted by atomic mass is 19.1. The maximum Gasteiger partial charge on any atom is 0.123 e. The van der Waals surface area contributed by atoms with E-state index in [-0.39, 0.29) is 11.4 Å². The average Bonchev–Trinajstić information content (AvgIpc) is 2.23. The van der Waals surface area contributed by atoms with Gasteiger partial charge in [0, 0.05) is 5.54 Å². The number of halogens is 1. The quantitative estimate of drug-likeness (QED) is 0.797. The van der Waals surface area contributed by atoms with Crippen LogP contribution in [0.25, 0.3) is 0 Å². The molecule has 1 aromatic rings. The van der Waals surface area contributed by atoms with Gasteiger partial charge in [0.1, 0.15) is 11.6 Å². The Balaban J connectivity index is 2.48. The van der Waals surface area contributed by atoms with Crippen LogP contribution >= 0.6 is 0 Å². The number of hydrogen-bond donors (Lipinski definition) is 1. The molecule has 0 fully saturated rings. The molecular weight excluding hydrogens is 217 g/mol. The summed E-state index contributed by atoms with van der Waals surface area (Å²) in [5, 5.41) is 3.41. The van der Waals surface area contributed by atoms with Gasteiger partial charge in [-0.1, -0.05) is 0 Å². The summed E-state index contributed by atoms with van der Waals surface area (Å²) in [6.07, 6.45) is 1.79. The molecule has 0 aliphatic carbocycles. The van der Waals surface area contributed by atoms with Gasteiger partial charge in [0.2, 0.25) is 0 Å². The first-order valence-electron chi connectivity index (χ1n) is 6.00. The zero-order valence-corrected chi connectivity index (χ0v) is 11.1. The summed E-state index contributed by atoms with van der Waals surface area (Å²) < 4.78 is 18.3. The zero-order chi connectivity index (χ0) is 12.9. The van der Waals surface area contributed by atoms with Gasteiger partial charge in [-0.3, -0.25) is 0 Å². The largest absolute Gasteiger partial charge is 0.496 e. The summed E-state index contributed by atoms with van der Waals surface area (Å²) in [5.74, 6) is 0.562. The average molecular weight is 239 g/mol. The second-order valence-electron chi connectivity index (χ2n) is 5.24. The molecule has 0 aromatic heterocycles. The van der Waals surface area contributed by atoms with E-state index in [0.717, 1.165) is 30.7 Å². The first kappa shape index (κ1) is 14.0. The zero-order valence-electron chi connectivity index (χ0n) is 11.1. The fourth-order valence-corrected chi connectivity index (χ4v) is 1.68. The minimum absolute atomic E-state index is 0.131. The maximum atomic E-state index is 13.1. The van der Waals surface area contributed by atoms with Crippen molar-refractivity contribution < 1.29 is 9.13 Å². The van der Waals surface area contributed by atoms with E-state index >= 15 is 0 Å². The van der Waals surface area contributed by atoms with Crippen LogP contribution in [-0.4, -0.2) is 19.2 Å². The summed E-state index contributed by atoms with van der Waals surface area (Å²) >= 11 is 0. The Kier molecular flexibility index (Phi) is 4.94. The van der Waals surface area contributed by atoms with Crippen molar-refractivity contribution in [3.8, 4) is 5.75 Å². The van der Waals surface area contributed by atoms with E-state index in [1.807, 2.05) is 0 Å². The summed E-state index contributed by atoms with van der Waals surface area (Å²) in [6, 6.07) is 4.66. The summed E-state index contributed by atoms with van der Waals surface area (Å²) in [7, 11) is 1.62. The molecule has 2 nitrogen and oxygen atoms in total. The van der Waals surface area contributed by atoms with Gasteiger partial charge in [-0.05, 0) is 63.9 Å². The molecule has 0 aliphatic heterocycles. The monoisotopic (exact) mass is 239 g/mol. The number of benzene rings is 1. The minimum Gasteiger partial charge on any atom is -0.496 e. The van der Waals surface area contributed by atoms with Crippen molar-refractivity contribution in [2.24, 2.45) is 0 Å². The van der Waals surface area contributed by atoms with Crippen LogP contribution in [0.15, 0.2) is 18.2 Å². The molecule has 0 atom stereocenters. The second kappa shape index (κ2) is 6.01. The molecule has 0 saturated heterocycles. The predicted molar refractivity (Wildman–Crippen MR) is 69.0 cm³/mol. The fraction of sp³-hybridized carbons (Fsp3) is 0.571. The molecule has 0 aliphatic rings. The summed E-state index contributed by atoms with van der Waals surface area (Å²) in [4.78, 5) is 0. The molecule has 96 valence electrons. The van der Waals surface area contributed by atoms with Crippen LogP contribution in [0.1, 0.15) is 32.8 Å². The predicted octanol–water partition coefficient (Wildman–Crippen LogP) is 3.16. The molecule has 0 radical (unpaired) electrons. The lowest BCUT2D eigenvalue weighted by molar-refractivity contribution is 0.403. The van der Waals surface area contributed by atoms with Crippen LogP contribution < -0.4 is 10.1 Å². The van der Waals surface area contributed by atoms with Gasteiger partial charge in [0.15, 0.2) is 0 Å². The van der Waals surface area contributed by atoms with Crippen molar-refractivity contribution in [1.82, 2.24) is 5.32 Å². The van der Waals surface area contributed by atoms with E-state index in [1.165, 1.54) is 6.07 Å². The Hall–Kier alpha value is -1.09. The molecule has 1 N–H and O–H groups in total. The van der Waals surface area contributed by atoms with Gasteiger partial charge >= 0.3 is 0 Å². The molecular formula is C14H22FNO. The Morgan fingerprint density at radius 3 is 2.59 bits per heavy atom. The normalized spacial score (nSPS) is 11.6. The summed E-state index contributed by atoms with van der Waals surface area (Å²) in [5.41, 5.74) is 1.06. The van der Waals surface area contributed by atoms with E-state index in [9.17, 15) is 4.39 Å². The molecule has 0 spiro atoms. The van der Waals surface area contributed by atoms with E-state index in [4.69, 9.17) is 4.74 Å². The smallest absolute Gasteiger partial charge is 0.123 e. The van der Waals surface area contributed by atoms with Crippen molar-refractivity contribution in [1.29, 1.82) is 0 Å². The minimum atomic E-state index is -0.204. The molecule has 0 amide bonds. The number of aryl methyl sites for hydroxylation is 1. The van der Waals surface area contributed by atoms with Crippen molar-refractivity contribution in [3.63, 3.8) is 0 Å². The van der Waals surface area contributed by atoms with Gasteiger partial charge in [0.05, 0.1) is 7.11 Å². The second-order valence-corrected chi connectivity index (χ2v) is 5.24. The molecule has 0 bridgehead atoms. The van der Waals surface area contributed by atoms with Gasteiger partial charge < -0.3 is 10.1 Å². The van der Waals surface area contributed by atoms with Crippen LogP contribution in [0.4, 0.5) is 4.39 Å². The number of methoxy groups -OCH3 is 1. The van der Waals surface area contributed by atoms with E-state index in [2.05, 4.69) is 26.1 Å². The lowest BCUT2D eigenvalue weighted by Crippen LogP contribution is -2.36. The first-order valence-corrected chi connectivity index (χ1v) is 6.00. The highest BCUT2D eigenvalue weighted by Crippen LogP contribution is 2.20.